The number of rotatable bonds is 6. The number of urea groups is 1. The quantitative estimate of drug-likeness (QED) is 0.498. The monoisotopic (exact) mass is 468 g/mol. The number of anilines is 1. The molecule has 178 valence electrons. The van der Waals surface area contributed by atoms with Crippen LogP contribution in [-0.4, -0.2) is 39.9 Å². The minimum absolute atomic E-state index is 0.0175. The molecule has 0 radical (unpaired) electrons. The van der Waals surface area contributed by atoms with E-state index >= 15 is 0 Å². The summed E-state index contributed by atoms with van der Waals surface area (Å²) in [6.07, 6.45) is 0.703. The lowest BCUT2D eigenvalue weighted by atomic mass is 10.0. The summed E-state index contributed by atoms with van der Waals surface area (Å²) in [5, 5.41) is 2.69. The van der Waals surface area contributed by atoms with Crippen molar-refractivity contribution in [3.63, 3.8) is 0 Å². The highest BCUT2D eigenvalue weighted by atomic mass is 19.4. The molecule has 2 aromatic carbocycles. The first-order valence-corrected chi connectivity index (χ1v) is 11.3. The number of likely N-dealkylation sites (tertiary alicyclic amines) is 1. The molecule has 1 saturated heterocycles. The van der Waals surface area contributed by atoms with Gasteiger partial charge in [-0.25, -0.2) is 4.79 Å². The Kier molecular flexibility index (Phi) is 7.47. The van der Waals surface area contributed by atoms with Crippen LogP contribution >= 0.6 is 0 Å². The van der Waals surface area contributed by atoms with Crippen LogP contribution in [0.25, 0.3) is 0 Å². The first kappa shape index (κ1) is 23.8. The first-order valence-electron chi connectivity index (χ1n) is 11.3. The molecule has 1 aromatic heterocycles. The van der Waals surface area contributed by atoms with Gasteiger partial charge in [0.1, 0.15) is 0 Å². The third-order valence-corrected chi connectivity index (χ3v) is 6.02. The second-order valence-corrected chi connectivity index (χ2v) is 8.49. The van der Waals surface area contributed by atoms with E-state index in [1.807, 2.05) is 48.7 Å². The standard InChI is InChI=1S/C26H27F3N4O/c27-26(28,29)22-9-4-10-23(16-22)31-25(34)33(19-20-6-2-1-3-7-20)24-11-14-32(15-12-24)18-21-8-5-13-30-17-21/h1-10,13,16-17,24H,11-12,14-15,18-19H2,(H,31,34). The number of alkyl halides is 3. The van der Waals surface area contributed by atoms with Gasteiger partial charge in [0.15, 0.2) is 0 Å². The fourth-order valence-corrected chi connectivity index (χ4v) is 4.25. The van der Waals surface area contributed by atoms with Crippen molar-refractivity contribution in [2.45, 2.75) is 38.1 Å². The van der Waals surface area contributed by atoms with E-state index in [0.29, 0.717) is 6.54 Å². The number of halogens is 3. The summed E-state index contributed by atoms with van der Waals surface area (Å²) in [5.74, 6) is 0. The average Bonchev–Trinajstić information content (AvgIpc) is 2.84. The number of hydrogen-bond acceptors (Lipinski definition) is 3. The lowest BCUT2D eigenvalue weighted by molar-refractivity contribution is -0.137. The van der Waals surface area contributed by atoms with Gasteiger partial charge in [-0.15, -0.1) is 0 Å². The molecule has 0 bridgehead atoms. The molecule has 8 heteroatoms. The summed E-state index contributed by atoms with van der Waals surface area (Å²) in [7, 11) is 0. The molecule has 0 spiro atoms. The van der Waals surface area contributed by atoms with E-state index in [2.05, 4.69) is 15.2 Å². The first-order chi connectivity index (χ1) is 16.4. The third-order valence-electron chi connectivity index (χ3n) is 6.02. The van der Waals surface area contributed by atoms with E-state index in [4.69, 9.17) is 0 Å². The number of aromatic nitrogens is 1. The van der Waals surface area contributed by atoms with Gasteiger partial charge in [-0.05, 0) is 48.2 Å². The van der Waals surface area contributed by atoms with Gasteiger partial charge in [-0.1, -0.05) is 42.5 Å². The van der Waals surface area contributed by atoms with Gasteiger partial charge in [-0.2, -0.15) is 13.2 Å². The van der Waals surface area contributed by atoms with E-state index in [9.17, 15) is 18.0 Å². The highest BCUT2D eigenvalue weighted by Crippen LogP contribution is 2.31. The zero-order valence-electron chi connectivity index (χ0n) is 18.7. The second-order valence-electron chi connectivity index (χ2n) is 8.49. The molecular formula is C26H27F3N4O. The van der Waals surface area contributed by atoms with Gasteiger partial charge < -0.3 is 10.2 Å². The Morgan fingerprint density at radius 2 is 1.74 bits per heavy atom. The molecule has 0 atom stereocenters. The number of amides is 2. The van der Waals surface area contributed by atoms with E-state index in [0.717, 1.165) is 55.7 Å². The molecule has 1 fully saturated rings. The van der Waals surface area contributed by atoms with Crippen molar-refractivity contribution in [1.29, 1.82) is 0 Å². The third kappa shape index (κ3) is 6.35. The fourth-order valence-electron chi connectivity index (χ4n) is 4.25. The number of piperidine rings is 1. The second kappa shape index (κ2) is 10.7. The number of carbonyl (C=O) groups excluding carboxylic acids is 1. The maximum atomic E-state index is 13.3. The van der Waals surface area contributed by atoms with Crippen molar-refractivity contribution in [3.8, 4) is 0 Å². The molecule has 3 aromatic rings. The topological polar surface area (TPSA) is 48.5 Å². The predicted molar refractivity (Wildman–Crippen MR) is 125 cm³/mol. The van der Waals surface area contributed by atoms with Crippen LogP contribution < -0.4 is 5.32 Å². The summed E-state index contributed by atoms with van der Waals surface area (Å²) >= 11 is 0. The molecule has 1 N–H and O–H groups in total. The fraction of sp³-hybridized carbons (Fsp3) is 0.308. The maximum Gasteiger partial charge on any atom is 0.416 e. The van der Waals surface area contributed by atoms with Crippen molar-refractivity contribution >= 4 is 11.7 Å². The molecular weight excluding hydrogens is 441 g/mol. The van der Waals surface area contributed by atoms with Crippen LogP contribution in [0.3, 0.4) is 0 Å². The minimum Gasteiger partial charge on any atom is -0.317 e. The molecule has 5 nitrogen and oxygen atoms in total. The lowest BCUT2D eigenvalue weighted by Crippen LogP contribution is -2.48. The number of carbonyl (C=O) groups is 1. The normalized spacial score (nSPS) is 15.1. The van der Waals surface area contributed by atoms with Crippen molar-refractivity contribution < 1.29 is 18.0 Å². The summed E-state index contributed by atoms with van der Waals surface area (Å²) < 4.78 is 39.3. The van der Waals surface area contributed by atoms with Gasteiger partial charge in [-0.3, -0.25) is 9.88 Å². The number of hydrogen-bond donors (Lipinski definition) is 1. The van der Waals surface area contributed by atoms with Crippen LogP contribution in [0.2, 0.25) is 0 Å². The Bertz CT molecular complexity index is 1070. The van der Waals surface area contributed by atoms with Crippen LogP contribution in [0.1, 0.15) is 29.5 Å². The zero-order valence-corrected chi connectivity index (χ0v) is 18.7. The van der Waals surface area contributed by atoms with Crippen LogP contribution in [0, 0.1) is 0 Å². The van der Waals surface area contributed by atoms with Gasteiger partial charge in [0, 0.05) is 50.3 Å². The van der Waals surface area contributed by atoms with Crippen LogP contribution in [-0.2, 0) is 19.3 Å². The van der Waals surface area contributed by atoms with E-state index in [1.165, 1.54) is 12.1 Å². The predicted octanol–water partition coefficient (Wildman–Crippen LogP) is 5.80. The Morgan fingerprint density at radius 3 is 2.41 bits per heavy atom. The highest BCUT2D eigenvalue weighted by molar-refractivity contribution is 5.89. The molecule has 0 saturated carbocycles. The van der Waals surface area contributed by atoms with Crippen LogP contribution in [0.4, 0.5) is 23.7 Å². The summed E-state index contributed by atoms with van der Waals surface area (Å²) in [5.41, 5.74) is 1.46. The number of pyridine rings is 1. The highest BCUT2D eigenvalue weighted by Gasteiger charge is 2.31. The molecule has 0 unspecified atom stereocenters. The molecule has 4 rings (SSSR count). The zero-order chi connectivity index (χ0) is 24.0. The van der Waals surface area contributed by atoms with E-state index in [1.54, 1.807) is 11.1 Å². The van der Waals surface area contributed by atoms with E-state index < -0.39 is 17.8 Å². The van der Waals surface area contributed by atoms with Gasteiger partial charge in [0.25, 0.3) is 0 Å². The summed E-state index contributed by atoms with van der Waals surface area (Å²) in [6, 6.07) is 17.9. The Labute approximate surface area is 197 Å². The van der Waals surface area contributed by atoms with Crippen molar-refractivity contribution in [1.82, 2.24) is 14.8 Å². The lowest BCUT2D eigenvalue weighted by Gasteiger charge is -2.38. The van der Waals surface area contributed by atoms with Crippen molar-refractivity contribution in [2.75, 3.05) is 18.4 Å². The largest absolute Gasteiger partial charge is 0.416 e. The van der Waals surface area contributed by atoms with E-state index in [-0.39, 0.29) is 11.7 Å². The average molecular weight is 469 g/mol. The minimum atomic E-state index is -4.47. The number of nitrogens with zero attached hydrogens (tertiary/aromatic N) is 3. The Balaban J connectivity index is 1.46. The Hall–Kier alpha value is -3.39. The number of nitrogens with one attached hydrogen (secondary N) is 1. The van der Waals surface area contributed by atoms with Gasteiger partial charge >= 0.3 is 12.2 Å². The van der Waals surface area contributed by atoms with Crippen molar-refractivity contribution in [3.05, 3.63) is 95.8 Å². The molecule has 34 heavy (non-hydrogen) atoms. The Morgan fingerprint density at radius 1 is 1.00 bits per heavy atom. The van der Waals surface area contributed by atoms with Crippen LogP contribution in [0.15, 0.2) is 79.1 Å². The van der Waals surface area contributed by atoms with Crippen LogP contribution in [0.5, 0.6) is 0 Å². The SMILES string of the molecule is O=C(Nc1cccc(C(F)(F)F)c1)N(Cc1ccccc1)C1CCN(Cc2cccnc2)CC1. The molecule has 1 aliphatic rings. The molecule has 1 aliphatic heterocycles. The molecule has 2 amide bonds. The molecule has 0 aliphatic carbocycles. The summed E-state index contributed by atoms with van der Waals surface area (Å²) in [4.78, 5) is 21.5. The van der Waals surface area contributed by atoms with Gasteiger partial charge in [0.2, 0.25) is 0 Å². The van der Waals surface area contributed by atoms with Gasteiger partial charge in [0.05, 0.1) is 5.56 Å². The molecule has 2 heterocycles. The smallest absolute Gasteiger partial charge is 0.317 e. The summed E-state index contributed by atoms with van der Waals surface area (Å²) in [6.45, 7) is 2.83. The van der Waals surface area contributed by atoms with Crippen molar-refractivity contribution in [2.24, 2.45) is 0 Å². The maximum absolute atomic E-state index is 13.3. The number of benzene rings is 2.